The number of aromatic hydroxyl groups is 1. The fraction of sp³-hybridized carbons (Fsp3) is 0.174. The quantitative estimate of drug-likeness (QED) is 0.520. The Kier molecular flexibility index (Phi) is 4.51. The molecule has 0 saturated heterocycles. The summed E-state index contributed by atoms with van der Waals surface area (Å²) in [4.78, 5) is 0. The predicted octanol–water partition coefficient (Wildman–Crippen LogP) is 5.37. The summed E-state index contributed by atoms with van der Waals surface area (Å²) in [5.41, 5.74) is 5.53. The van der Waals surface area contributed by atoms with Crippen LogP contribution in [-0.4, -0.2) is 14.9 Å². The van der Waals surface area contributed by atoms with Crippen LogP contribution in [0.15, 0.2) is 54.6 Å². The fourth-order valence-corrected chi connectivity index (χ4v) is 3.31. The topological polar surface area (TPSA) is 47.3 Å². The summed E-state index contributed by atoms with van der Waals surface area (Å²) in [6, 6.07) is 15.8. The maximum Gasteiger partial charge on any atom is 0.126 e. The van der Waals surface area contributed by atoms with E-state index in [0.717, 1.165) is 39.0 Å². The highest BCUT2D eigenvalue weighted by molar-refractivity contribution is 5.84. The van der Waals surface area contributed by atoms with E-state index in [1.54, 1.807) is 18.2 Å². The molecule has 142 valence electrons. The highest BCUT2D eigenvalue weighted by atomic mass is 19.1. The van der Waals surface area contributed by atoms with Crippen molar-refractivity contribution >= 4 is 10.9 Å². The number of aryl methyl sites for hydroxylation is 3. The van der Waals surface area contributed by atoms with Crippen LogP contribution < -0.4 is 4.74 Å². The third-order valence-corrected chi connectivity index (χ3v) is 4.90. The number of ether oxygens (including phenoxy) is 1. The first-order valence-corrected chi connectivity index (χ1v) is 9.09. The third kappa shape index (κ3) is 3.31. The molecule has 4 nitrogen and oxygen atoms in total. The third-order valence-electron chi connectivity index (χ3n) is 4.90. The monoisotopic (exact) mass is 376 g/mol. The molecule has 4 aromatic rings. The number of phenolic OH excluding ortho intramolecular Hbond substituents is 1. The molecule has 1 aromatic heterocycles. The number of aromatic nitrogens is 2. The Labute approximate surface area is 162 Å². The highest BCUT2D eigenvalue weighted by Crippen LogP contribution is 2.27. The molecule has 0 amide bonds. The van der Waals surface area contributed by atoms with Gasteiger partial charge < -0.3 is 9.84 Å². The molecule has 0 radical (unpaired) electrons. The van der Waals surface area contributed by atoms with Gasteiger partial charge in [0.15, 0.2) is 0 Å². The summed E-state index contributed by atoms with van der Waals surface area (Å²) in [6.07, 6.45) is 0. The second kappa shape index (κ2) is 7.00. The van der Waals surface area contributed by atoms with E-state index in [4.69, 9.17) is 4.74 Å². The normalized spacial score (nSPS) is 11.1. The molecular weight excluding hydrogens is 355 g/mol. The lowest BCUT2D eigenvalue weighted by Crippen LogP contribution is -2.01. The molecule has 0 fully saturated rings. The van der Waals surface area contributed by atoms with Crippen molar-refractivity contribution in [2.24, 2.45) is 0 Å². The van der Waals surface area contributed by atoms with Gasteiger partial charge in [0, 0.05) is 17.5 Å². The van der Waals surface area contributed by atoms with Crippen LogP contribution in [0.3, 0.4) is 0 Å². The Morgan fingerprint density at radius 2 is 1.75 bits per heavy atom. The lowest BCUT2D eigenvalue weighted by Gasteiger charge is -2.11. The Hall–Kier alpha value is -3.34. The van der Waals surface area contributed by atoms with Gasteiger partial charge in [0.1, 0.15) is 23.9 Å². The molecule has 28 heavy (non-hydrogen) atoms. The largest absolute Gasteiger partial charge is 0.508 e. The van der Waals surface area contributed by atoms with Crippen LogP contribution in [0.25, 0.3) is 16.6 Å². The molecule has 0 saturated carbocycles. The van der Waals surface area contributed by atoms with Crippen molar-refractivity contribution in [3.05, 3.63) is 82.8 Å². The van der Waals surface area contributed by atoms with E-state index in [1.807, 2.05) is 49.7 Å². The van der Waals surface area contributed by atoms with Crippen molar-refractivity contribution in [1.82, 2.24) is 9.78 Å². The standard InChI is InChI=1S/C23H21FN2O2/c1-14-5-8-19(27)12-21(14)26-22-10-17(6-9-20(22)16(3)25-26)13-28-23-11-18(24)7-4-15(23)2/h4-12,27H,13H2,1-3H3. The summed E-state index contributed by atoms with van der Waals surface area (Å²) in [7, 11) is 0. The minimum absolute atomic E-state index is 0.197. The lowest BCUT2D eigenvalue weighted by atomic mass is 10.1. The van der Waals surface area contributed by atoms with Gasteiger partial charge in [-0.25, -0.2) is 9.07 Å². The van der Waals surface area contributed by atoms with Gasteiger partial charge >= 0.3 is 0 Å². The van der Waals surface area contributed by atoms with Gasteiger partial charge in [-0.3, -0.25) is 0 Å². The molecule has 3 aromatic carbocycles. The second-order valence-corrected chi connectivity index (χ2v) is 7.02. The van der Waals surface area contributed by atoms with Crippen molar-refractivity contribution in [3.8, 4) is 17.2 Å². The van der Waals surface area contributed by atoms with E-state index >= 15 is 0 Å². The van der Waals surface area contributed by atoms with Crippen molar-refractivity contribution in [3.63, 3.8) is 0 Å². The SMILES string of the molecule is Cc1ccc(F)cc1OCc1ccc2c(C)nn(-c3cc(O)ccc3C)c2c1. The van der Waals surface area contributed by atoms with Crippen molar-refractivity contribution < 1.29 is 14.2 Å². The summed E-state index contributed by atoms with van der Waals surface area (Å²) >= 11 is 0. The smallest absolute Gasteiger partial charge is 0.126 e. The first-order valence-electron chi connectivity index (χ1n) is 9.09. The average Bonchev–Trinajstić information content (AvgIpc) is 3.00. The van der Waals surface area contributed by atoms with E-state index in [9.17, 15) is 9.50 Å². The lowest BCUT2D eigenvalue weighted by molar-refractivity contribution is 0.302. The Bertz CT molecular complexity index is 1180. The van der Waals surface area contributed by atoms with Gasteiger partial charge in [0.25, 0.3) is 0 Å². The Balaban J connectivity index is 1.72. The van der Waals surface area contributed by atoms with Crippen molar-refractivity contribution in [2.45, 2.75) is 27.4 Å². The zero-order chi connectivity index (χ0) is 19.8. The Morgan fingerprint density at radius 1 is 0.964 bits per heavy atom. The highest BCUT2D eigenvalue weighted by Gasteiger charge is 2.13. The number of halogens is 1. The van der Waals surface area contributed by atoms with Crippen molar-refractivity contribution in [1.29, 1.82) is 0 Å². The molecule has 0 unspecified atom stereocenters. The Morgan fingerprint density at radius 3 is 2.57 bits per heavy atom. The molecule has 0 spiro atoms. The van der Waals surface area contributed by atoms with Gasteiger partial charge in [0.2, 0.25) is 0 Å². The van der Waals surface area contributed by atoms with E-state index in [1.165, 1.54) is 12.1 Å². The van der Waals surface area contributed by atoms with Crippen LogP contribution in [0.5, 0.6) is 11.5 Å². The molecule has 4 rings (SSSR count). The van der Waals surface area contributed by atoms with E-state index < -0.39 is 0 Å². The van der Waals surface area contributed by atoms with Crippen LogP contribution in [0.2, 0.25) is 0 Å². The maximum absolute atomic E-state index is 13.5. The van der Waals surface area contributed by atoms with E-state index in [-0.39, 0.29) is 11.6 Å². The van der Waals surface area contributed by atoms with Crippen LogP contribution in [0.4, 0.5) is 4.39 Å². The predicted molar refractivity (Wildman–Crippen MR) is 108 cm³/mol. The molecular formula is C23H21FN2O2. The van der Waals surface area contributed by atoms with Gasteiger partial charge in [-0.15, -0.1) is 0 Å². The number of phenols is 1. The molecule has 0 atom stereocenters. The first kappa shape index (κ1) is 18.0. The summed E-state index contributed by atoms with van der Waals surface area (Å²) in [5, 5.41) is 15.6. The van der Waals surface area contributed by atoms with Gasteiger partial charge in [-0.1, -0.05) is 24.3 Å². The molecule has 1 heterocycles. The molecule has 0 aliphatic rings. The summed E-state index contributed by atoms with van der Waals surface area (Å²) in [5.74, 6) is 0.417. The van der Waals surface area contributed by atoms with E-state index in [0.29, 0.717) is 12.4 Å². The van der Waals surface area contributed by atoms with Crippen LogP contribution in [-0.2, 0) is 6.61 Å². The number of nitrogens with zero attached hydrogens (tertiary/aromatic N) is 2. The molecule has 1 N–H and O–H groups in total. The molecule has 0 aliphatic carbocycles. The number of fused-ring (bicyclic) bond motifs is 1. The number of benzene rings is 3. The summed E-state index contributed by atoms with van der Waals surface area (Å²) < 4.78 is 21.2. The molecule has 5 heteroatoms. The molecule has 0 bridgehead atoms. The zero-order valence-corrected chi connectivity index (χ0v) is 16.0. The van der Waals surface area contributed by atoms with Crippen LogP contribution in [0.1, 0.15) is 22.4 Å². The van der Waals surface area contributed by atoms with Crippen LogP contribution >= 0.6 is 0 Å². The fourth-order valence-electron chi connectivity index (χ4n) is 3.31. The second-order valence-electron chi connectivity index (χ2n) is 7.02. The van der Waals surface area contributed by atoms with E-state index in [2.05, 4.69) is 5.10 Å². The average molecular weight is 376 g/mol. The van der Waals surface area contributed by atoms with Gasteiger partial charge in [-0.2, -0.15) is 5.10 Å². The minimum atomic E-state index is -0.316. The first-order chi connectivity index (χ1) is 13.4. The molecule has 0 aliphatic heterocycles. The summed E-state index contributed by atoms with van der Waals surface area (Å²) in [6.45, 7) is 6.16. The zero-order valence-electron chi connectivity index (χ0n) is 16.0. The van der Waals surface area contributed by atoms with Gasteiger partial charge in [-0.05, 0) is 55.7 Å². The maximum atomic E-state index is 13.5. The number of rotatable bonds is 4. The van der Waals surface area contributed by atoms with Crippen LogP contribution in [0, 0.1) is 26.6 Å². The minimum Gasteiger partial charge on any atom is -0.508 e. The number of hydrogen-bond donors (Lipinski definition) is 1. The van der Waals surface area contributed by atoms with Crippen molar-refractivity contribution in [2.75, 3.05) is 0 Å². The number of hydrogen-bond acceptors (Lipinski definition) is 3. The van der Waals surface area contributed by atoms with Gasteiger partial charge in [0.05, 0.1) is 16.9 Å².